The minimum atomic E-state index is -4.32. The predicted octanol–water partition coefficient (Wildman–Crippen LogP) is 2.58. The molecule has 0 spiro atoms. The fourth-order valence-corrected chi connectivity index (χ4v) is 1.12. The minimum Gasteiger partial charge on any atom is -0.350 e. The zero-order valence-electron chi connectivity index (χ0n) is 6.39. The van der Waals surface area contributed by atoms with Gasteiger partial charge >= 0.3 is 6.18 Å². The molecule has 2 nitrogen and oxygen atoms in total. The van der Waals surface area contributed by atoms with Crippen molar-refractivity contribution in [3.05, 3.63) is 30.2 Å². The molecule has 2 rings (SSSR count). The Morgan fingerprint density at radius 3 is 2.69 bits per heavy atom. The van der Waals surface area contributed by atoms with Gasteiger partial charge in [0.25, 0.3) is 0 Å². The SMILES string of the molecule is FC(F)(F)c1cc2ccncc2[nH]1. The molecule has 0 atom stereocenters. The van der Waals surface area contributed by atoms with Gasteiger partial charge in [-0.05, 0) is 12.1 Å². The number of fused-ring (bicyclic) bond motifs is 1. The molecule has 0 aromatic carbocycles. The monoisotopic (exact) mass is 186 g/mol. The van der Waals surface area contributed by atoms with Crippen molar-refractivity contribution < 1.29 is 13.2 Å². The maximum atomic E-state index is 12.2. The number of aromatic nitrogens is 2. The maximum absolute atomic E-state index is 12.2. The van der Waals surface area contributed by atoms with E-state index in [0.29, 0.717) is 10.9 Å². The Labute approximate surface area is 71.4 Å². The molecular formula is C8H5F3N2. The molecular weight excluding hydrogens is 181 g/mol. The quantitative estimate of drug-likeness (QED) is 0.673. The van der Waals surface area contributed by atoms with Gasteiger partial charge in [0.05, 0.1) is 11.7 Å². The first kappa shape index (κ1) is 8.10. The van der Waals surface area contributed by atoms with E-state index in [-0.39, 0.29) is 0 Å². The highest BCUT2D eigenvalue weighted by atomic mass is 19.4. The van der Waals surface area contributed by atoms with Crippen molar-refractivity contribution in [1.82, 2.24) is 9.97 Å². The topological polar surface area (TPSA) is 28.7 Å². The predicted molar refractivity (Wildman–Crippen MR) is 41.1 cm³/mol. The van der Waals surface area contributed by atoms with Crippen molar-refractivity contribution in [3.63, 3.8) is 0 Å². The van der Waals surface area contributed by atoms with Gasteiger partial charge in [0.2, 0.25) is 0 Å². The molecule has 0 aliphatic rings. The Morgan fingerprint density at radius 2 is 2.08 bits per heavy atom. The molecule has 0 aliphatic carbocycles. The van der Waals surface area contributed by atoms with Gasteiger partial charge in [0.1, 0.15) is 5.69 Å². The Bertz CT molecular complexity index is 397. The largest absolute Gasteiger partial charge is 0.431 e. The van der Waals surface area contributed by atoms with Crippen LogP contribution in [-0.4, -0.2) is 9.97 Å². The van der Waals surface area contributed by atoms with Gasteiger partial charge in [-0.15, -0.1) is 0 Å². The van der Waals surface area contributed by atoms with E-state index in [1.54, 1.807) is 0 Å². The third-order valence-corrected chi connectivity index (χ3v) is 1.73. The smallest absolute Gasteiger partial charge is 0.350 e. The number of aromatic amines is 1. The molecule has 2 aromatic rings. The summed E-state index contributed by atoms with van der Waals surface area (Å²) in [5.41, 5.74) is -0.342. The molecule has 0 unspecified atom stereocenters. The molecule has 2 heterocycles. The average molecular weight is 186 g/mol. The van der Waals surface area contributed by atoms with Crippen LogP contribution in [0.1, 0.15) is 5.69 Å². The summed E-state index contributed by atoms with van der Waals surface area (Å²) in [4.78, 5) is 5.96. The van der Waals surface area contributed by atoms with E-state index in [9.17, 15) is 13.2 Å². The minimum absolute atomic E-state index is 0.398. The van der Waals surface area contributed by atoms with Crippen molar-refractivity contribution in [1.29, 1.82) is 0 Å². The van der Waals surface area contributed by atoms with E-state index in [0.717, 1.165) is 6.07 Å². The highest BCUT2D eigenvalue weighted by molar-refractivity contribution is 5.79. The van der Waals surface area contributed by atoms with Crippen molar-refractivity contribution >= 4 is 10.9 Å². The van der Waals surface area contributed by atoms with Crippen LogP contribution in [0.5, 0.6) is 0 Å². The molecule has 13 heavy (non-hydrogen) atoms. The zero-order chi connectivity index (χ0) is 9.47. The molecule has 2 aromatic heterocycles. The number of halogens is 3. The molecule has 5 heteroatoms. The molecule has 0 aliphatic heterocycles. The van der Waals surface area contributed by atoms with E-state index in [4.69, 9.17) is 0 Å². The highest BCUT2D eigenvalue weighted by Crippen LogP contribution is 2.30. The summed E-state index contributed by atoms with van der Waals surface area (Å²) < 4.78 is 36.5. The van der Waals surface area contributed by atoms with E-state index in [2.05, 4.69) is 9.97 Å². The number of nitrogens with zero attached hydrogens (tertiary/aromatic N) is 1. The van der Waals surface area contributed by atoms with Crippen LogP contribution in [0.3, 0.4) is 0 Å². The lowest BCUT2D eigenvalue weighted by Crippen LogP contribution is -2.04. The lowest BCUT2D eigenvalue weighted by atomic mass is 10.3. The summed E-state index contributed by atoms with van der Waals surface area (Å²) >= 11 is 0. The fraction of sp³-hybridized carbons (Fsp3) is 0.125. The van der Waals surface area contributed by atoms with Crippen LogP contribution in [0.25, 0.3) is 10.9 Å². The Morgan fingerprint density at radius 1 is 1.31 bits per heavy atom. The molecule has 0 fully saturated rings. The van der Waals surface area contributed by atoms with Crippen LogP contribution in [0, 0.1) is 0 Å². The van der Waals surface area contributed by atoms with Crippen LogP contribution >= 0.6 is 0 Å². The fourth-order valence-electron chi connectivity index (χ4n) is 1.12. The van der Waals surface area contributed by atoms with E-state index in [1.807, 2.05) is 0 Å². The van der Waals surface area contributed by atoms with Gasteiger partial charge < -0.3 is 4.98 Å². The second-order valence-electron chi connectivity index (χ2n) is 2.64. The van der Waals surface area contributed by atoms with Gasteiger partial charge in [-0.1, -0.05) is 0 Å². The molecule has 0 saturated carbocycles. The first-order chi connectivity index (χ1) is 6.07. The summed E-state index contributed by atoms with van der Waals surface area (Å²) in [5.74, 6) is 0. The molecule has 0 saturated heterocycles. The average Bonchev–Trinajstić information content (AvgIpc) is 2.45. The highest BCUT2D eigenvalue weighted by Gasteiger charge is 2.32. The lowest BCUT2D eigenvalue weighted by molar-refractivity contribution is -0.140. The summed E-state index contributed by atoms with van der Waals surface area (Å²) in [6, 6.07) is 2.60. The number of alkyl halides is 3. The summed E-state index contributed by atoms with van der Waals surface area (Å²) in [5, 5.41) is 0.516. The summed E-state index contributed by atoms with van der Waals surface area (Å²) in [6.07, 6.45) is -1.50. The molecule has 0 radical (unpaired) electrons. The van der Waals surface area contributed by atoms with E-state index < -0.39 is 11.9 Å². The van der Waals surface area contributed by atoms with Crippen molar-refractivity contribution in [2.24, 2.45) is 0 Å². The van der Waals surface area contributed by atoms with E-state index in [1.165, 1.54) is 18.5 Å². The number of nitrogens with one attached hydrogen (secondary N) is 1. The van der Waals surface area contributed by atoms with Gasteiger partial charge in [-0.2, -0.15) is 13.2 Å². The van der Waals surface area contributed by atoms with Crippen LogP contribution < -0.4 is 0 Å². The summed E-state index contributed by atoms with van der Waals surface area (Å²) in [6.45, 7) is 0. The van der Waals surface area contributed by atoms with Gasteiger partial charge in [-0.25, -0.2) is 0 Å². The second kappa shape index (κ2) is 2.48. The maximum Gasteiger partial charge on any atom is 0.431 e. The van der Waals surface area contributed by atoms with Crippen LogP contribution in [0.4, 0.5) is 13.2 Å². The van der Waals surface area contributed by atoms with Crippen LogP contribution in [0.15, 0.2) is 24.5 Å². The standard InChI is InChI=1S/C8H5F3N2/c9-8(10,11)7-3-5-1-2-12-4-6(5)13-7/h1-4,13H. The molecule has 1 N–H and O–H groups in total. The molecule has 0 amide bonds. The van der Waals surface area contributed by atoms with Crippen molar-refractivity contribution in [2.75, 3.05) is 0 Å². The third-order valence-electron chi connectivity index (χ3n) is 1.73. The molecule has 68 valence electrons. The van der Waals surface area contributed by atoms with E-state index >= 15 is 0 Å². The number of hydrogen-bond donors (Lipinski definition) is 1. The lowest BCUT2D eigenvalue weighted by Gasteiger charge is -2.00. The zero-order valence-corrected chi connectivity index (χ0v) is 6.39. The van der Waals surface area contributed by atoms with Gasteiger partial charge in [0, 0.05) is 11.6 Å². The Kier molecular flexibility index (Phi) is 1.55. The van der Waals surface area contributed by atoms with Crippen molar-refractivity contribution in [2.45, 2.75) is 6.18 Å². The first-order valence-corrected chi connectivity index (χ1v) is 3.57. The summed E-state index contributed by atoms with van der Waals surface area (Å²) in [7, 11) is 0. The number of H-pyrrole nitrogens is 1. The number of pyridine rings is 1. The molecule has 0 bridgehead atoms. The van der Waals surface area contributed by atoms with Gasteiger partial charge in [-0.3, -0.25) is 4.98 Å². The Balaban J connectivity index is 2.63. The van der Waals surface area contributed by atoms with Crippen LogP contribution in [-0.2, 0) is 6.18 Å². The van der Waals surface area contributed by atoms with Crippen molar-refractivity contribution in [3.8, 4) is 0 Å². The van der Waals surface area contributed by atoms with Gasteiger partial charge in [0.15, 0.2) is 0 Å². The third kappa shape index (κ3) is 1.37. The number of rotatable bonds is 0. The first-order valence-electron chi connectivity index (χ1n) is 3.57. The Hall–Kier alpha value is -1.52. The second-order valence-corrected chi connectivity index (χ2v) is 2.64. The number of hydrogen-bond acceptors (Lipinski definition) is 1. The van der Waals surface area contributed by atoms with Crippen LogP contribution in [0.2, 0.25) is 0 Å². The normalized spacial score (nSPS) is 12.2.